The van der Waals surface area contributed by atoms with Gasteiger partial charge in [-0.05, 0) is 73.7 Å². The predicted molar refractivity (Wildman–Crippen MR) is 207 cm³/mol. The van der Waals surface area contributed by atoms with Gasteiger partial charge in [0.25, 0.3) is 11.8 Å². The number of furan rings is 1. The molecule has 2 unspecified atom stereocenters. The molecule has 0 saturated heterocycles. The van der Waals surface area contributed by atoms with Gasteiger partial charge in [0, 0.05) is 17.2 Å². The molecule has 0 aliphatic rings. The molecular formula is C42H46F2N4O11. The molecule has 0 aliphatic heterocycles. The average Bonchev–Trinajstić information content (AvgIpc) is 3.74. The molecule has 314 valence electrons. The lowest BCUT2D eigenvalue weighted by atomic mass is 9.89. The van der Waals surface area contributed by atoms with Crippen molar-refractivity contribution in [1.29, 1.82) is 0 Å². The zero-order chi connectivity index (χ0) is 42.9. The Kier molecular flexibility index (Phi) is 17.1. The number of benzene rings is 3. The van der Waals surface area contributed by atoms with Gasteiger partial charge in [-0.25, -0.2) is 13.8 Å². The first-order chi connectivity index (χ1) is 28.4. The maximum atomic E-state index is 14.6. The lowest BCUT2D eigenvalue weighted by Gasteiger charge is -2.32. The van der Waals surface area contributed by atoms with Crippen LogP contribution in [0.5, 0.6) is 5.75 Å². The molecular weight excluding hydrogens is 774 g/mol. The third kappa shape index (κ3) is 12.9. The van der Waals surface area contributed by atoms with Crippen molar-refractivity contribution < 1.29 is 61.0 Å². The number of carbonyl (C=O) groups excluding carboxylic acids is 6. The second-order valence-electron chi connectivity index (χ2n) is 13.0. The molecule has 59 heavy (non-hydrogen) atoms. The number of hydrogen-bond donors (Lipinski definition) is 2. The van der Waals surface area contributed by atoms with E-state index in [9.17, 15) is 37.5 Å². The third-order valence-electron chi connectivity index (χ3n) is 9.09. The molecule has 1 heterocycles. The van der Waals surface area contributed by atoms with Gasteiger partial charge in [0.1, 0.15) is 42.8 Å². The Bertz CT molecular complexity index is 2060. The van der Waals surface area contributed by atoms with Crippen LogP contribution in [-0.4, -0.2) is 92.7 Å². The van der Waals surface area contributed by atoms with E-state index >= 15 is 0 Å². The topological polar surface area (TPSA) is 183 Å². The highest BCUT2D eigenvalue weighted by atomic mass is 19.1. The second-order valence-corrected chi connectivity index (χ2v) is 13.0. The molecule has 2 atom stereocenters. The van der Waals surface area contributed by atoms with Crippen LogP contribution in [0.3, 0.4) is 0 Å². The highest BCUT2D eigenvalue weighted by Crippen LogP contribution is 2.29. The van der Waals surface area contributed by atoms with Gasteiger partial charge in [0.2, 0.25) is 12.3 Å². The molecule has 0 saturated carbocycles. The Morgan fingerprint density at radius 1 is 0.864 bits per heavy atom. The number of methoxy groups -OCH3 is 2. The van der Waals surface area contributed by atoms with Gasteiger partial charge in [-0.15, -0.1) is 0 Å². The van der Waals surface area contributed by atoms with Gasteiger partial charge in [0.05, 0.1) is 39.5 Å². The van der Waals surface area contributed by atoms with Crippen LogP contribution in [0.15, 0.2) is 83.3 Å². The first-order valence-electron chi connectivity index (χ1n) is 18.6. The molecule has 0 spiro atoms. The Labute approximate surface area is 339 Å². The van der Waals surface area contributed by atoms with E-state index in [-0.39, 0.29) is 67.5 Å². The molecule has 0 fully saturated rings. The predicted octanol–water partition coefficient (Wildman–Crippen LogP) is 4.83. The largest absolute Gasteiger partial charge is 0.494 e. The number of halogens is 2. The van der Waals surface area contributed by atoms with Crippen molar-refractivity contribution in [2.45, 2.75) is 45.8 Å². The fourth-order valence-corrected chi connectivity index (χ4v) is 6.09. The van der Waals surface area contributed by atoms with E-state index in [4.69, 9.17) is 14.0 Å². The van der Waals surface area contributed by atoms with Crippen molar-refractivity contribution >= 4 is 36.1 Å². The third-order valence-corrected chi connectivity index (χ3v) is 9.09. The highest BCUT2D eigenvalue weighted by Gasteiger charge is 2.33. The molecule has 4 aromatic rings. The van der Waals surface area contributed by atoms with Gasteiger partial charge in [-0.3, -0.25) is 33.6 Å². The van der Waals surface area contributed by atoms with Gasteiger partial charge in [-0.2, -0.15) is 0 Å². The highest BCUT2D eigenvalue weighted by molar-refractivity contribution is 5.99. The van der Waals surface area contributed by atoms with Crippen LogP contribution in [0, 0.1) is 17.6 Å². The van der Waals surface area contributed by atoms with E-state index in [0.717, 1.165) is 41.9 Å². The van der Waals surface area contributed by atoms with Crippen LogP contribution in [-0.2, 0) is 46.5 Å². The maximum absolute atomic E-state index is 14.6. The van der Waals surface area contributed by atoms with Crippen LogP contribution < -0.4 is 15.4 Å². The van der Waals surface area contributed by atoms with Crippen LogP contribution in [0.2, 0.25) is 0 Å². The summed E-state index contributed by atoms with van der Waals surface area (Å²) in [5.41, 5.74) is 1.31. The van der Waals surface area contributed by atoms with Gasteiger partial charge < -0.3 is 34.2 Å². The molecule has 0 aliphatic carbocycles. The number of aryl methyl sites for hydroxylation is 1. The minimum atomic E-state index is -0.955. The minimum Gasteiger partial charge on any atom is -0.494 e. The SMILES string of the molecule is CCOc1cc(C(=O)N(CC(=O)OC)CC(=O)OC)cc(-c2ccc(C(=O)NCNC(=O)C(CCc3ccc(F)cc3F)C(CC)N(C=O)OCc3ccccc3)o2)c1. The monoisotopic (exact) mass is 820 g/mol. The van der Waals surface area contributed by atoms with E-state index in [0.29, 0.717) is 12.0 Å². The van der Waals surface area contributed by atoms with Crippen molar-refractivity contribution in [3.63, 3.8) is 0 Å². The standard InChI is InChI=1S/C42H46F2N4O11/c1-5-35(48(26-49)58-24-27-10-8-7-9-11-27)33(15-13-28-12-14-31(43)21-34(28)44)40(52)45-25-46-41(53)37-17-16-36(59-37)29-18-30(20-32(19-29)57-6-2)42(54)47(22-38(50)55-3)23-39(51)56-4/h7-12,14,16-21,26,33,35H,5-6,13,15,22-25H2,1-4H3,(H,45,52)(H,46,53). The van der Waals surface area contributed by atoms with Crippen LogP contribution >= 0.6 is 0 Å². The van der Waals surface area contributed by atoms with E-state index < -0.39 is 66.3 Å². The number of hydroxylamine groups is 2. The van der Waals surface area contributed by atoms with Gasteiger partial charge >= 0.3 is 11.9 Å². The lowest BCUT2D eigenvalue weighted by Crippen LogP contribution is -2.48. The molecule has 4 rings (SSSR count). The Morgan fingerprint density at radius 3 is 2.20 bits per heavy atom. The molecule has 0 bridgehead atoms. The zero-order valence-corrected chi connectivity index (χ0v) is 33.0. The van der Waals surface area contributed by atoms with E-state index in [1.165, 1.54) is 30.3 Å². The number of amides is 4. The fourth-order valence-electron chi connectivity index (χ4n) is 6.09. The van der Waals surface area contributed by atoms with Crippen molar-refractivity contribution in [3.8, 4) is 17.1 Å². The van der Waals surface area contributed by atoms with Gasteiger partial charge in [0.15, 0.2) is 5.76 Å². The smallest absolute Gasteiger partial charge is 0.325 e. The van der Waals surface area contributed by atoms with E-state index in [2.05, 4.69) is 20.1 Å². The zero-order valence-electron chi connectivity index (χ0n) is 33.0. The molecule has 3 aromatic carbocycles. The number of ether oxygens (including phenoxy) is 3. The van der Waals surface area contributed by atoms with E-state index in [1.54, 1.807) is 19.9 Å². The number of nitrogens with zero attached hydrogens (tertiary/aromatic N) is 2. The maximum Gasteiger partial charge on any atom is 0.325 e. The van der Waals surface area contributed by atoms with E-state index in [1.807, 2.05) is 30.3 Å². The first kappa shape index (κ1) is 45.1. The summed E-state index contributed by atoms with van der Waals surface area (Å²) in [6.07, 6.45) is 0.803. The molecule has 17 heteroatoms. The summed E-state index contributed by atoms with van der Waals surface area (Å²) in [4.78, 5) is 83.6. The molecule has 4 amide bonds. The normalized spacial score (nSPS) is 11.8. The van der Waals surface area contributed by atoms with Crippen LogP contribution in [0.25, 0.3) is 11.3 Å². The summed E-state index contributed by atoms with van der Waals surface area (Å²) in [6.45, 7) is 2.32. The summed E-state index contributed by atoms with van der Waals surface area (Å²) >= 11 is 0. The summed E-state index contributed by atoms with van der Waals surface area (Å²) in [6, 6.07) is 18.7. The average molecular weight is 821 g/mol. The summed E-state index contributed by atoms with van der Waals surface area (Å²) in [5, 5.41) is 6.26. The Hall–Kier alpha value is -6.62. The number of esters is 2. The summed E-state index contributed by atoms with van der Waals surface area (Å²) in [5.74, 6) is -5.75. The van der Waals surface area contributed by atoms with Crippen molar-refractivity contribution in [2.24, 2.45) is 5.92 Å². The number of carbonyl (C=O) groups is 6. The van der Waals surface area contributed by atoms with Crippen LogP contribution in [0.4, 0.5) is 8.78 Å². The second kappa shape index (κ2) is 22.4. The summed E-state index contributed by atoms with van der Waals surface area (Å²) in [7, 11) is 2.28. The Balaban J connectivity index is 1.49. The van der Waals surface area contributed by atoms with Crippen molar-refractivity contribution in [3.05, 3.63) is 113 Å². The Morgan fingerprint density at radius 2 is 1.58 bits per heavy atom. The summed E-state index contributed by atoms with van der Waals surface area (Å²) < 4.78 is 49.0. The minimum absolute atomic E-state index is 0.0278. The number of rotatable bonds is 22. The van der Waals surface area contributed by atoms with Gasteiger partial charge in [-0.1, -0.05) is 43.3 Å². The molecule has 2 N–H and O–H groups in total. The molecule has 1 aromatic heterocycles. The van der Waals surface area contributed by atoms with Crippen molar-refractivity contribution in [2.75, 3.05) is 40.6 Å². The quantitative estimate of drug-likeness (QED) is 0.0480. The molecule has 15 nitrogen and oxygen atoms in total. The fraction of sp³-hybridized carbons (Fsp3) is 0.333. The first-order valence-corrected chi connectivity index (χ1v) is 18.6. The van der Waals surface area contributed by atoms with Crippen molar-refractivity contribution in [1.82, 2.24) is 20.6 Å². The number of nitrogens with one attached hydrogen (secondary N) is 2. The lowest BCUT2D eigenvalue weighted by molar-refractivity contribution is -0.200. The van der Waals surface area contributed by atoms with Crippen LogP contribution in [0.1, 0.15) is 58.7 Å². The molecule has 0 radical (unpaired) electrons. The number of hydrogen-bond acceptors (Lipinski definition) is 11.